The number of halogens is 3. The Kier molecular flexibility index (Phi) is 2.67. The molecule has 68 valence electrons. The van der Waals surface area contributed by atoms with E-state index in [2.05, 4.69) is 17.5 Å². The lowest BCUT2D eigenvalue weighted by Gasteiger charge is -2.26. The van der Waals surface area contributed by atoms with Crippen molar-refractivity contribution < 1.29 is 13.2 Å². The second-order valence-electron chi connectivity index (χ2n) is 2.55. The minimum absolute atomic E-state index is 0.0197. The molecule has 0 saturated carbocycles. The van der Waals surface area contributed by atoms with Crippen LogP contribution < -0.4 is 5.32 Å². The first-order chi connectivity index (χ1) is 5.41. The van der Waals surface area contributed by atoms with Gasteiger partial charge in [0.2, 0.25) is 0 Å². The van der Waals surface area contributed by atoms with Crippen molar-refractivity contribution in [2.75, 3.05) is 0 Å². The summed E-state index contributed by atoms with van der Waals surface area (Å²) in [5.41, 5.74) is 0. The maximum absolute atomic E-state index is 12.1. The first-order valence-electron chi connectivity index (χ1n) is 3.31. The van der Waals surface area contributed by atoms with Crippen LogP contribution in [0.1, 0.15) is 12.8 Å². The molecule has 1 aliphatic heterocycles. The highest BCUT2D eigenvalue weighted by Gasteiger charge is 2.44. The van der Waals surface area contributed by atoms with Crippen LogP contribution in [0.2, 0.25) is 0 Å². The first kappa shape index (κ1) is 9.85. The lowest BCUT2D eigenvalue weighted by atomic mass is 9.99. The van der Waals surface area contributed by atoms with Crippen LogP contribution in [0, 0.1) is 5.92 Å². The van der Waals surface area contributed by atoms with Gasteiger partial charge < -0.3 is 5.32 Å². The normalized spacial score (nSPS) is 25.4. The second-order valence-corrected chi connectivity index (χ2v) is 3.48. The molecule has 0 aliphatic carbocycles. The molecule has 12 heavy (non-hydrogen) atoms. The number of hydrogen-bond donors (Lipinski definition) is 1. The van der Waals surface area contributed by atoms with Gasteiger partial charge in [0.1, 0.15) is 5.92 Å². The summed E-state index contributed by atoms with van der Waals surface area (Å²) in [4.78, 5) is 0.208. The lowest BCUT2D eigenvalue weighted by Crippen LogP contribution is -2.44. The third kappa shape index (κ3) is 2.13. The standard InChI is InChI=1S/C6H6F3NS2/c7-6(8,9)3-1-2-4(11)10-5(3)12/h3H,1-2H2,(H,10,11,12). The van der Waals surface area contributed by atoms with E-state index in [0.717, 1.165) is 0 Å². The molecule has 0 bridgehead atoms. The van der Waals surface area contributed by atoms with E-state index in [9.17, 15) is 13.2 Å². The summed E-state index contributed by atoms with van der Waals surface area (Å²) in [5.74, 6) is -1.51. The molecule has 0 spiro atoms. The number of piperidine rings is 1. The van der Waals surface area contributed by atoms with Gasteiger partial charge in [-0.15, -0.1) is 0 Å². The molecule has 1 unspecified atom stereocenters. The molecule has 1 N–H and O–H groups in total. The molecule has 1 fully saturated rings. The van der Waals surface area contributed by atoms with Crippen LogP contribution in [0.4, 0.5) is 13.2 Å². The zero-order chi connectivity index (χ0) is 9.35. The predicted molar refractivity (Wildman–Crippen MR) is 47.1 cm³/mol. The Morgan fingerprint density at radius 2 is 1.92 bits per heavy atom. The molecule has 1 nitrogen and oxygen atoms in total. The summed E-state index contributed by atoms with van der Waals surface area (Å²) in [6, 6.07) is 0. The van der Waals surface area contributed by atoms with E-state index < -0.39 is 12.1 Å². The van der Waals surface area contributed by atoms with E-state index in [-0.39, 0.29) is 17.8 Å². The van der Waals surface area contributed by atoms with Gasteiger partial charge in [0.25, 0.3) is 0 Å². The van der Waals surface area contributed by atoms with Crippen molar-refractivity contribution >= 4 is 34.4 Å². The van der Waals surface area contributed by atoms with Crippen molar-refractivity contribution in [3.63, 3.8) is 0 Å². The van der Waals surface area contributed by atoms with Crippen LogP contribution in [0.3, 0.4) is 0 Å². The fraction of sp³-hybridized carbons (Fsp3) is 0.667. The Labute approximate surface area is 78.3 Å². The summed E-state index contributed by atoms with van der Waals surface area (Å²) in [6.07, 6.45) is -3.99. The average molecular weight is 213 g/mol. The third-order valence-electron chi connectivity index (χ3n) is 1.63. The predicted octanol–water partition coefficient (Wildman–Crippen LogP) is 2.20. The second kappa shape index (κ2) is 3.26. The third-order valence-corrected chi connectivity index (χ3v) is 2.33. The Balaban J connectivity index is 2.69. The molecular weight excluding hydrogens is 207 g/mol. The van der Waals surface area contributed by atoms with Gasteiger partial charge in [-0.25, -0.2) is 0 Å². The highest BCUT2D eigenvalue weighted by molar-refractivity contribution is 7.82. The van der Waals surface area contributed by atoms with Gasteiger partial charge >= 0.3 is 6.18 Å². The summed E-state index contributed by atoms with van der Waals surface area (Å²) < 4.78 is 36.4. The van der Waals surface area contributed by atoms with Gasteiger partial charge in [0.05, 0.1) is 9.98 Å². The minimum atomic E-state index is -4.24. The van der Waals surface area contributed by atoms with Gasteiger partial charge in [-0.2, -0.15) is 13.2 Å². The quantitative estimate of drug-likeness (QED) is 0.619. The molecule has 0 radical (unpaired) electrons. The Morgan fingerprint density at radius 1 is 1.33 bits per heavy atom. The molecule has 1 heterocycles. The Hall–Kier alpha value is -0.230. The zero-order valence-corrected chi connectivity index (χ0v) is 7.57. The summed E-state index contributed by atoms with van der Waals surface area (Å²) in [6.45, 7) is 0. The minimum Gasteiger partial charge on any atom is -0.344 e. The van der Waals surface area contributed by atoms with Crippen molar-refractivity contribution in [2.45, 2.75) is 19.0 Å². The first-order valence-corrected chi connectivity index (χ1v) is 4.13. The van der Waals surface area contributed by atoms with E-state index in [1.54, 1.807) is 0 Å². The zero-order valence-electron chi connectivity index (χ0n) is 5.94. The van der Waals surface area contributed by atoms with Gasteiger partial charge in [0, 0.05) is 0 Å². The van der Waals surface area contributed by atoms with E-state index in [1.165, 1.54) is 0 Å². The topological polar surface area (TPSA) is 12.0 Å². The van der Waals surface area contributed by atoms with E-state index in [0.29, 0.717) is 4.99 Å². The van der Waals surface area contributed by atoms with E-state index in [4.69, 9.17) is 12.2 Å². The molecule has 0 aromatic rings. The van der Waals surface area contributed by atoms with Gasteiger partial charge in [0.15, 0.2) is 0 Å². The molecule has 0 aromatic heterocycles. The van der Waals surface area contributed by atoms with Crippen molar-refractivity contribution in [3.05, 3.63) is 0 Å². The van der Waals surface area contributed by atoms with Gasteiger partial charge in [-0.1, -0.05) is 24.4 Å². The number of nitrogens with one attached hydrogen (secondary N) is 1. The summed E-state index contributed by atoms with van der Waals surface area (Å²) in [7, 11) is 0. The largest absolute Gasteiger partial charge is 0.398 e. The van der Waals surface area contributed by atoms with Crippen LogP contribution in [0.25, 0.3) is 0 Å². The van der Waals surface area contributed by atoms with Crippen molar-refractivity contribution in [2.24, 2.45) is 5.92 Å². The molecule has 1 atom stereocenters. The van der Waals surface area contributed by atoms with E-state index in [1.807, 2.05) is 0 Å². The fourth-order valence-corrected chi connectivity index (χ4v) is 1.67. The number of thiocarbonyl (C=S) groups is 2. The molecule has 0 aromatic carbocycles. The van der Waals surface area contributed by atoms with E-state index >= 15 is 0 Å². The fourth-order valence-electron chi connectivity index (χ4n) is 1.01. The van der Waals surface area contributed by atoms with Crippen LogP contribution in [-0.2, 0) is 0 Å². The molecule has 0 amide bonds. The lowest BCUT2D eigenvalue weighted by molar-refractivity contribution is -0.156. The van der Waals surface area contributed by atoms with Crippen molar-refractivity contribution in [1.29, 1.82) is 0 Å². The van der Waals surface area contributed by atoms with Gasteiger partial charge in [-0.3, -0.25) is 0 Å². The number of hydrogen-bond acceptors (Lipinski definition) is 2. The van der Waals surface area contributed by atoms with Crippen LogP contribution in [0.5, 0.6) is 0 Å². The number of alkyl halides is 3. The summed E-state index contributed by atoms with van der Waals surface area (Å²) >= 11 is 9.23. The molecular formula is C6H6F3NS2. The Bertz CT molecular complexity index is 223. The van der Waals surface area contributed by atoms with Crippen molar-refractivity contribution in [3.8, 4) is 0 Å². The SMILES string of the molecule is FC(F)(F)C1CCC(=S)NC1=S. The average Bonchev–Trinajstić information content (AvgIpc) is 1.83. The highest BCUT2D eigenvalue weighted by atomic mass is 32.1. The monoisotopic (exact) mass is 213 g/mol. The molecule has 6 heteroatoms. The molecule has 1 saturated heterocycles. The number of rotatable bonds is 0. The van der Waals surface area contributed by atoms with Crippen LogP contribution >= 0.6 is 24.4 Å². The highest BCUT2D eigenvalue weighted by Crippen LogP contribution is 2.32. The van der Waals surface area contributed by atoms with Crippen molar-refractivity contribution in [1.82, 2.24) is 5.32 Å². The molecule has 1 aliphatic rings. The Morgan fingerprint density at radius 3 is 2.33 bits per heavy atom. The van der Waals surface area contributed by atoms with Gasteiger partial charge in [-0.05, 0) is 12.8 Å². The maximum Gasteiger partial charge on any atom is 0.398 e. The summed E-state index contributed by atoms with van der Waals surface area (Å²) in [5, 5.41) is 2.38. The van der Waals surface area contributed by atoms with Crippen LogP contribution in [0.15, 0.2) is 0 Å². The smallest absolute Gasteiger partial charge is 0.344 e. The maximum atomic E-state index is 12.1. The van der Waals surface area contributed by atoms with Crippen LogP contribution in [-0.4, -0.2) is 16.2 Å². The molecule has 1 rings (SSSR count).